The number of nitrogens with two attached hydrogens (primary N) is 1. The van der Waals surface area contributed by atoms with Crippen LogP contribution in [0.2, 0.25) is 0 Å². The molecule has 0 aliphatic carbocycles. The highest BCUT2D eigenvalue weighted by Crippen LogP contribution is 2.14. The van der Waals surface area contributed by atoms with Gasteiger partial charge in [0.05, 0.1) is 0 Å². The molecule has 0 spiro atoms. The van der Waals surface area contributed by atoms with Gasteiger partial charge in [0, 0.05) is 6.04 Å². The molecule has 0 rings (SSSR count). The van der Waals surface area contributed by atoms with Crippen molar-refractivity contribution in [2.24, 2.45) is 11.7 Å². The summed E-state index contributed by atoms with van der Waals surface area (Å²) in [5.41, 5.74) is 6.17. The standard InChI is InChI=1S/C12H28N2/c1-5-11(6-2)12(13)9-10-14(7-3)8-4/h11-12H,5-10,13H2,1-4H3. The largest absolute Gasteiger partial charge is 0.327 e. The van der Waals surface area contributed by atoms with Crippen LogP contribution in [0.3, 0.4) is 0 Å². The zero-order valence-electron chi connectivity index (χ0n) is 10.4. The Kier molecular flexibility index (Phi) is 8.20. The number of rotatable bonds is 8. The Morgan fingerprint density at radius 2 is 1.50 bits per heavy atom. The van der Waals surface area contributed by atoms with E-state index >= 15 is 0 Å². The minimum absolute atomic E-state index is 0.394. The van der Waals surface area contributed by atoms with Crippen LogP contribution < -0.4 is 5.73 Å². The second-order valence-electron chi connectivity index (χ2n) is 4.06. The summed E-state index contributed by atoms with van der Waals surface area (Å²) in [6.45, 7) is 12.4. The Balaban J connectivity index is 3.75. The third kappa shape index (κ3) is 4.97. The highest BCUT2D eigenvalue weighted by atomic mass is 15.1. The lowest BCUT2D eigenvalue weighted by Crippen LogP contribution is -2.35. The molecule has 0 aliphatic rings. The lowest BCUT2D eigenvalue weighted by atomic mass is 9.92. The van der Waals surface area contributed by atoms with Crippen LogP contribution in [0.1, 0.15) is 47.0 Å². The van der Waals surface area contributed by atoms with E-state index in [1.54, 1.807) is 0 Å². The summed E-state index contributed by atoms with van der Waals surface area (Å²) in [7, 11) is 0. The Morgan fingerprint density at radius 1 is 1.00 bits per heavy atom. The maximum absolute atomic E-state index is 6.17. The third-order valence-corrected chi connectivity index (χ3v) is 3.33. The first kappa shape index (κ1) is 13.9. The molecule has 0 saturated heterocycles. The van der Waals surface area contributed by atoms with E-state index in [9.17, 15) is 0 Å². The molecule has 0 fully saturated rings. The molecule has 86 valence electrons. The van der Waals surface area contributed by atoms with E-state index in [2.05, 4.69) is 32.6 Å². The van der Waals surface area contributed by atoms with Crippen LogP contribution >= 0.6 is 0 Å². The highest BCUT2D eigenvalue weighted by Gasteiger charge is 2.14. The number of nitrogens with zero attached hydrogens (tertiary/aromatic N) is 1. The molecule has 0 amide bonds. The molecular formula is C12H28N2. The molecule has 0 aromatic heterocycles. The zero-order valence-corrected chi connectivity index (χ0v) is 10.4. The van der Waals surface area contributed by atoms with Crippen molar-refractivity contribution in [1.82, 2.24) is 4.90 Å². The van der Waals surface area contributed by atoms with Crippen molar-refractivity contribution < 1.29 is 0 Å². The summed E-state index contributed by atoms with van der Waals surface area (Å²) in [5.74, 6) is 0.713. The molecule has 14 heavy (non-hydrogen) atoms. The molecule has 0 bridgehead atoms. The van der Waals surface area contributed by atoms with Crippen LogP contribution in [0.5, 0.6) is 0 Å². The van der Waals surface area contributed by atoms with Crippen LogP contribution in [0.25, 0.3) is 0 Å². The van der Waals surface area contributed by atoms with Crippen molar-refractivity contribution in [3.63, 3.8) is 0 Å². The molecule has 0 radical (unpaired) electrons. The van der Waals surface area contributed by atoms with Gasteiger partial charge in [0.15, 0.2) is 0 Å². The van der Waals surface area contributed by atoms with Gasteiger partial charge in [0.1, 0.15) is 0 Å². The van der Waals surface area contributed by atoms with Gasteiger partial charge < -0.3 is 10.6 Å². The monoisotopic (exact) mass is 200 g/mol. The fraction of sp³-hybridized carbons (Fsp3) is 1.00. The topological polar surface area (TPSA) is 29.3 Å². The predicted octanol–water partition coefficient (Wildman–Crippen LogP) is 2.48. The van der Waals surface area contributed by atoms with E-state index in [1.807, 2.05) is 0 Å². The van der Waals surface area contributed by atoms with E-state index in [0.29, 0.717) is 12.0 Å². The lowest BCUT2D eigenvalue weighted by molar-refractivity contribution is 0.267. The van der Waals surface area contributed by atoms with Gasteiger partial charge in [-0.2, -0.15) is 0 Å². The van der Waals surface area contributed by atoms with Crippen molar-refractivity contribution in [2.45, 2.75) is 53.0 Å². The van der Waals surface area contributed by atoms with E-state index in [0.717, 1.165) is 26.1 Å². The maximum atomic E-state index is 6.17. The van der Waals surface area contributed by atoms with Crippen LogP contribution in [-0.4, -0.2) is 30.6 Å². The maximum Gasteiger partial charge on any atom is 0.00791 e. The summed E-state index contributed by atoms with van der Waals surface area (Å²) < 4.78 is 0. The smallest absolute Gasteiger partial charge is 0.00791 e. The first-order chi connectivity index (χ1) is 6.69. The Morgan fingerprint density at radius 3 is 1.86 bits per heavy atom. The van der Waals surface area contributed by atoms with E-state index in [-0.39, 0.29) is 0 Å². The van der Waals surface area contributed by atoms with Gasteiger partial charge in [-0.15, -0.1) is 0 Å². The van der Waals surface area contributed by atoms with Crippen LogP contribution in [0.15, 0.2) is 0 Å². The average Bonchev–Trinajstić information content (AvgIpc) is 2.21. The fourth-order valence-electron chi connectivity index (χ4n) is 2.00. The molecule has 1 unspecified atom stereocenters. The molecular weight excluding hydrogens is 172 g/mol. The third-order valence-electron chi connectivity index (χ3n) is 3.33. The normalized spacial score (nSPS) is 13.9. The van der Waals surface area contributed by atoms with Gasteiger partial charge >= 0.3 is 0 Å². The van der Waals surface area contributed by atoms with Gasteiger partial charge in [-0.25, -0.2) is 0 Å². The minimum Gasteiger partial charge on any atom is -0.327 e. The van der Waals surface area contributed by atoms with Crippen LogP contribution in [0, 0.1) is 5.92 Å². The van der Waals surface area contributed by atoms with Gasteiger partial charge in [0.25, 0.3) is 0 Å². The summed E-state index contributed by atoms with van der Waals surface area (Å²) in [4.78, 5) is 2.45. The van der Waals surface area contributed by atoms with E-state index in [1.165, 1.54) is 12.8 Å². The van der Waals surface area contributed by atoms with Crippen molar-refractivity contribution >= 4 is 0 Å². The highest BCUT2D eigenvalue weighted by molar-refractivity contribution is 4.72. The predicted molar refractivity (Wildman–Crippen MR) is 64.5 cm³/mol. The summed E-state index contributed by atoms with van der Waals surface area (Å²) >= 11 is 0. The molecule has 0 saturated carbocycles. The lowest BCUT2D eigenvalue weighted by Gasteiger charge is -2.25. The van der Waals surface area contributed by atoms with Crippen molar-refractivity contribution in [3.05, 3.63) is 0 Å². The average molecular weight is 200 g/mol. The summed E-state index contributed by atoms with van der Waals surface area (Å²) in [6.07, 6.45) is 3.58. The summed E-state index contributed by atoms with van der Waals surface area (Å²) in [5, 5.41) is 0. The van der Waals surface area contributed by atoms with E-state index in [4.69, 9.17) is 5.73 Å². The fourth-order valence-corrected chi connectivity index (χ4v) is 2.00. The minimum atomic E-state index is 0.394. The Labute approximate surface area is 89.9 Å². The van der Waals surface area contributed by atoms with Crippen molar-refractivity contribution in [3.8, 4) is 0 Å². The molecule has 2 N–H and O–H groups in total. The molecule has 0 heterocycles. The second-order valence-corrected chi connectivity index (χ2v) is 4.06. The zero-order chi connectivity index (χ0) is 11.0. The van der Waals surface area contributed by atoms with Crippen molar-refractivity contribution in [1.29, 1.82) is 0 Å². The van der Waals surface area contributed by atoms with Gasteiger partial charge in [-0.05, 0) is 32.0 Å². The second kappa shape index (κ2) is 8.25. The summed E-state index contributed by atoms with van der Waals surface area (Å²) in [6, 6.07) is 0.394. The Hall–Kier alpha value is -0.0800. The number of hydrogen-bond donors (Lipinski definition) is 1. The quantitative estimate of drug-likeness (QED) is 0.652. The molecule has 0 aromatic carbocycles. The molecule has 1 atom stereocenters. The van der Waals surface area contributed by atoms with Crippen LogP contribution in [-0.2, 0) is 0 Å². The van der Waals surface area contributed by atoms with Crippen LogP contribution in [0.4, 0.5) is 0 Å². The van der Waals surface area contributed by atoms with Gasteiger partial charge in [-0.1, -0.05) is 40.5 Å². The first-order valence-electron chi connectivity index (χ1n) is 6.17. The van der Waals surface area contributed by atoms with Gasteiger partial charge in [0.2, 0.25) is 0 Å². The SMILES string of the molecule is CCC(CC)C(N)CCN(CC)CC. The first-order valence-corrected chi connectivity index (χ1v) is 6.17. The molecule has 2 nitrogen and oxygen atoms in total. The molecule has 0 aliphatic heterocycles. The van der Waals surface area contributed by atoms with Crippen molar-refractivity contribution in [2.75, 3.05) is 19.6 Å². The number of hydrogen-bond acceptors (Lipinski definition) is 2. The van der Waals surface area contributed by atoms with E-state index < -0.39 is 0 Å². The Bertz CT molecular complexity index is 117. The van der Waals surface area contributed by atoms with Gasteiger partial charge in [-0.3, -0.25) is 0 Å². The molecule has 2 heteroatoms. The molecule has 0 aromatic rings.